The van der Waals surface area contributed by atoms with Crippen molar-refractivity contribution in [3.8, 4) is 0 Å². The van der Waals surface area contributed by atoms with Crippen LogP contribution >= 0.6 is 15.9 Å². The quantitative estimate of drug-likeness (QED) is 0.822. The van der Waals surface area contributed by atoms with Crippen LogP contribution in [0.25, 0.3) is 0 Å². The van der Waals surface area contributed by atoms with Crippen LogP contribution in [-0.2, 0) is 11.8 Å². The third-order valence-corrected chi connectivity index (χ3v) is 5.64. The molecule has 1 aromatic heterocycles. The van der Waals surface area contributed by atoms with Crippen LogP contribution in [0.4, 0.5) is 5.69 Å². The maximum absolute atomic E-state index is 12.0. The summed E-state index contributed by atoms with van der Waals surface area (Å²) in [5.74, 6) is 0.547. The highest BCUT2D eigenvalue weighted by Crippen LogP contribution is 2.55. The molecule has 1 aliphatic carbocycles. The minimum Gasteiger partial charge on any atom is -0.377 e. The molecule has 6 heteroatoms. The van der Waals surface area contributed by atoms with E-state index in [4.69, 9.17) is 4.74 Å². The average Bonchev–Trinajstić information content (AvgIpc) is 2.82. The smallest absolute Gasteiger partial charge is 0.282 e. The molecule has 3 unspecified atom stereocenters. The number of anilines is 1. The van der Waals surface area contributed by atoms with Gasteiger partial charge in [-0.1, -0.05) is 13.8 Å². The van der Waals surface area contributed by atoms with E-state index in [1.807, 2.05) is 7.05 Å². The molecule has 2 fully saturated rings. The summed E-state index contributed by atoms with van der Waals surface area (Å²) in [6.45, 7) is 5.32. The number of hydrogen-bond donors (Lipinski definition) is 0. The number of halogens is 1. The fourth-order valence-electron chi connectivity index (χ4n) is 3.98. The molecule has 0 aromatic carbocycles. The zero-order valence-corrected chi connectivity index (χ0v) is 13.8. The van der Waals surface area contributed by atoms with Gasteiger partial charge in [0.05, 0.1) is 18.0 Å². The molecular weight excluding hydrogens is 322 g/mol. The second-order valence-electron chi connectivity index (χ2n) is 6.39. The highest BCUT2D eigenvalue weighted by atomic mass is 79.9. The molecule has 1 aromatic rings. The molecule has 1 aliphatic heterocycles. The molecule has 2 aliphatic rings. The third-order valence-electron chi connectivity index (χ3n) is 4.90. The van der Waals surface area contributed by atoms with E-state index in [-0.39, 0.29) is 11.0 Å². The number of hydrogen-bond acceptors (Lipinski definition) is 4. The van der Waals surface area contributed by atoms with E-state index in [9.17, 15) is 4.79 Å². The Morgan fingerprint density at radius 2 is 2.25 bits per heavy atom. The van der Waals surface area contributed by atoms with Crippen molar-refractivity contribution >= 4 is 21.6 Å². The monoisotopic (exact) mass is 341 g/mol. The number of fused-ring (bicyclic) bond motifs is 1. The lowest BCUT2D eigenvalue weighted by Gasteiger charge is -2.58. The van der Waals surface area contributed by atoms with Gasteiger partial charge in [-0.15, -0.1) is 0 Å². The first-order valence-electron chi connectivity index (χ1n) is 6.92. The average molecular weight is 342 g/mol. The van der Waals surface area contributed by atoms with Crippen LogP contribution in [0.5, 0.6) is 0 Å². The van der Waals surface area contributed by atoms with Crippen molar-refractivity contribution in [2.24, 2.45) is 18.4 Å². The van der Waals surface area contributed by atoms with Gasteiger partial charge in [-0.25, -0.2) is 4.68 Å². The Hall–Kier alpha value is -0.880. The van der Waals surface area contributed by atoms with Crippen LogP contribution in [0.15, 0.2) is 15.5 Å². The van der Waals surface area contributed by atoms with E-state index < -0.39 is 0 Å². The Bertz CT molecular complexity index is 599. The Balaban J connectivity index is 1.96. The predicted octanol–water partition coefficient (Wildman–Crippen LogP) is 1.79. The van der Waals surface area contributed by atoms with Gasteiger partial charge in [-0.3, -0.25) is 4.79 Å². The van der Waals surface area contributed by atoms with Gasteiger partial charge < -0.3 is 9.64 Å². The van der Waals surface area contributed by atoms with Gasteiger partial charge in [0.15, 0.2) is 0 Å². The second-order valence-corrected chi connectivity index (χ2v) is 7.19. The van der Waals surface area contributed by atoms with Crippen molar-refractivity contribution in [1.82, 2.24) is 9.78 Å². The summed E-state index contributed by atoms with van der Waals surface area (Å²) in [4.78, 5) is 14.2. The van der Waals surface area contributed by atoms with Gasteiger partial charge in [-0.2, -0.15) is 5.10 Å². The number of aryl methyl sites for hydroxylation is 1. The van der Waals surface area contributed by atoms with Gasteiger partial charge in [0.25, 0.3) is 5.56 Å². The van der Waals surface area contributed by atoms with Crippen molar-refractivity contribution in [2.45, 2.75) is 32.4 Å². The molecule has 5 nitrogen and oxygen atoms in total. The van der Waals surface area contributed by atoms with Crippen molar-refractivity contribution in [1.29, 1.82) is 0 Å². The Labute approximate surface area is 127 Å². The first-order chi connectivity index (χ1) is 9.35. The molecule has 0 radical (unpaired) electrons. The molecule has 0 N–H and O–H groups in total. The van der Waals surface area contributed by atoms with E-state index in [0.717, 1.165) is 18.7 Å². The Morgan fingerprint density at radius 1 is 1.55 bits per heavy atom. The van der Waals surface area contributed by atoms with Crippen LogP contribution in [0, 0.1) is 11.3 Å². The van der Waals surface area contributed by atoms with E-state index in [2.05, 4.69) is 39.8 Å². The number of nitrogens with zero attached hydrogens (tertiary/aromatic N) is 3. The van der Waals surface area contributed by atoms with Gasteiger partial charge >= 0.3 is 0 Å². The molecule has 1 saturated heterocycles. The lowest BCUT2D eigenvalue weighted by atomic mass is 9.56. The summed E-state index contributed by atoms with van der Waals surface area (Å²) < 4.78 is 7.76. The van der Waals surface area contributed by atoms with E-state index in [0.29, 0.717) is 22.5 Å². The topological polar surface area (TPSA) is 47.4 Å². The van der Waals surface area contributed by atoms with Crippen molar-refractivity contribution in [2.75, 3.05) is 18.6 Å². The highest BCUT2D eigenvalue weighted by molar-refractivity contribution is 9.10. The first kappa shape index (κ1) is 14.1. The molecule has 0 amide bonds. The summed E-state index contributed by atoms with van der Waals surface area (Å²) >= 11 is 3.42. The normalized spacial score (nSPS) is 30.8. The Morgan fingerprint density at radius 3 is 2.95 bits per heavy atom. The van der Waals surface area contributed by atoms with Crippen LogP contribution in [0.1, 0.15) is 20.3 Å². The molecule has 1 saturated carbocycles. The SMILES string of the molecule is CN(c1cnn(C)c(=O)c1Br)C1C2CCOC2C1(C)C. The summed E-state index contributed by atoms with van der Waals surface area (Å²) in [6, 6.07) is 0.375. The zero-order valence-electron chi connectivity index (χ0n) is 12.3. The molecule has 2 heterocycles. The molecule has 110 valence electrons. The van der Waals surface area contributed by atoms with Gasteiger partial charge in [0, 0.05) is 38.1 Å². The fraction of sp³-hybridized carbons (Fsp3) is 0.714. The van der Waals surface area contributed by atoms with Gasteiger partial charge in [-0.05, 0) is 22.4 Å². The van der Waals surface area contributed by atoms with Gasteiger partial charge in [0.2, 0.25) is 0 Å². The Kier molecular flexibility index (Phi) is 3.21. The summed E-state index contributed by atoms with van der Waals surface area (Å²) in [5, 5.41) is 4.14. The number of aromatic nitrogens is 2. The maximum Gasteiger partial charge on any atom is 0.282 e. The lowest BCUT2D eigenvalue weighted by molar-refractivity contribution is -0.101. The minimum atomic E-state index is -0.106. The van der Waals surface area contributed by atoms with E-state index >= 15 is 0 Å². The zero-order chi connectivity index (χ0) is 14.7. The standard InChI is InChI=1S/C14H20BrN3O2/c1-14(2)11(8-5-6-20-12(8)14)17(3)9-7-16-18(4)13(19)10(9)15/h7-8,11-12H,5-6H2,1-4H3. The van der Waals surface area contributed by atoms with Crippen molar-refractivity contribution in [3.05, 3.63) is 21.0 Å². The summed E-state index contributed by atoms with van der Waals surface area (Å²) in [6.07, 6.45) is 3.19. The van der Waals surface area contributed by atoms with Crippen LogP contribution in [0.2, 0.25) is 0 Å². The summed E-state index contributed by atoms with van der Waals surface area (Å²) in [7, 11) is 3.70. The minimum absolute atomic E-state index is 0.0937. The molecular formula is C14H20BrN3O2. The highest BCUT2D eigenvalue weighted by Gasteiger charge is 2.61. The molecule has 0 bridgehead atoms. The molecule has 20 heavy (non-hydrogen) atoms. The van der Waals surface area contributed by atoms with Crippen molar-refractivity contribution < 1.29 is 4.74 Å². The molecule has 3 rings (SSSR count). The largest absolute Gasteiger partial charge is 0.377 e. The lowest BCUT2D eigenvalue weighted by Crippen LogP contribution is -2.66. The number of rotatable bonds is 2. The molecule has 3 atom stereocenters. The van der Waals surface area contributed by atoms with Crippen LogP contribution in [-0.4, -0.2) is 35.6 Å². The third kappa shape index (κ3) is 1.77. The fourth-order valence-corrected chi connectivity index (χ4v) is 4.62. The van der Waals surface area contributed by atoms with Crippen LogP contribution in [0.3, 0.4) is 0 Å². The number of ether oxygens (including phenoxy) is 1. The molecule has 0 spiro atoms. The van der Waals surface area contributed by atoms with Crippen molar-refractivity contribution in [3.63, 3.8) is 0 Å². The van der Waals surface area contributed by atoms with E-state index in [1.54, 1.807) is 13.2 Å². The van der Waals surface area contributed by atoms with Gasteiger partial charge in [0.1, 0.15) is 4.47 Å². The summed E-state index contributed by atoms with van der Waals surface area (Å²) in [5.41, 5.74) is 0.846. The van der Waals surface area contributed by atoms with E-state index in [1.165, 1.54) is 4.68 Å². The van der Waals surface area contributed by atoms with Crippen LogP contribution < -0.4 is 10.5 Å². The second kappa shape index (κ2) is 4.56. The first-order valence-corrected chi connectivity index (χ1v) is 7.71. The maximum atomic E-state index is 12.0. The predicted molar refractivity (Wildman–Crippen MR) is 81.0 cm³/mol.